The zero-order valence-corrected chi connectivity index (χ0v) is 11.5. The number of rotatable bonds is 4. The Bertz CT molecular complexity index is 589. The zero-order chi connectivity index (χ0) is 13.8. The topological polar surface area (TPSA) is 63.3 Å². The largest absolute Gasteiger partial charge is 0.480 e. The van der Waals surface area contributed by atoms with Crippen LogP contribution in [0.5, 0.6) is 0 Å². The fraction of sp³-hybridized carbons (Fsp3) is 0.0714. The van der Waals surface area contributed by atoms with Gasteiger partial charge in [0, 0.05) is 15.6 Å². The van der Waals surface area contributed by atoms with Crippen LogP contribution in [-0.4, -0.2) is 11.1 Å². The summed E-state index contributed by atoms with van der Waals surface area (Å²) in [5.41, 5.74) is 7.09. The standard InChI is InChI=1S/C14H12ClNO2S/c15-10-6-7-11(16)12(8-10)19-13(14(17)18)9-4-2-1-3-5-9/h1-8,13H,16H2,(H,17,18). The second-order valence-corrected chi connectivity index (χ2v) is 5.51. The highest BCUT2D eigenvalue weighted by atomic mass is 35.5. The van der Waals surface area contributed by atoms with E-state index in [1.54, 1.807) is 30.3 Å². The maximum Gasteiger partial charge on any atom is 0.321 e. The van der Waals surface area contributed by atoms with E-state index >= 15 is 0 Å². The third-order valence-electron chi connectivity index (χ3n) is 2.55. The number of nitrogen functional groups attached to an aromatic ring is 1. The quantitative estimate of drug-likeness (QED) is 0.664. The molecule has 5 heteroatoms. The number of nitrogens with two attached hydrogens (primary N) is 1. The minimum Gasteiger partial charge on any atom is -0.480 e. The number of carbonyl (C=O) groups is 1. The van der Waals surface area contributed by atoms with Crippen LogP contribution in [0, 0.1) is 0 Å². The molecule has 1 atom stereocenters. The summed E-state index contributed by atoms with van der Waals surface area (Å²) in [7, 11) is 0. The van der Waals surface area contributed by atoms with E-state index in [-0.39, 0.29) is 0 Å². The second kappa shape index (κ2) is 5.99. The molecule has 0 aliphatic heterocycles. The molecule has 2 rings (SSSR count). The summed E-state index contributed by atoms with van der Waals surface area (Å²) < 4.78 is 0. The first-order chi connectivity index (χ1) is 9.08. The van der Waals surface area contributed by atoms with Crippen molar-refractivity contribution in [2.24, 2.45) is 0 Å². The average molecular weight is 294 g/mol. The normalized spacial score (nSPS) is 12.1. The molecule has 2 aromatic rings. The molecule has 19 heavy (non-hydrogen) atoms. The third kappa shape index (κ3) is 3.43. The fourth-order valence-corrected chi connectivity index (χ4v) is 2.91. The van der Waals surface area contributed by atoms with Crippen LogP contribution in [0.1, 0.15) is 10.8 Å². The number of benzene rings is 2. The van der Waals surface area contributed by atoms with Gasteiger partial charge < -0.3 is 10.8 Å². The Hall–Kier alpha value is -1.65. The van der Waals surface area contributed by atoms with E-state index < -0.39 is 11.2 Å². The number of hydrogen-bond acceptors (Lipinski definition) is 3. The number of hydrogen-bond donors (Lipinski definition) is 2. The van der Waals surface area contributed by atoms with Gasteiger partial charge in [-0.05, 0) is 23.8 Å². The molecule has 0 radical (unpaired) electrons. The fourth-order valence-electron chi connectivity index (χ4n) is 1.63. The molecule has 3 nitrogen and oxygen atoms in total. The van der Waals surface area contributed by atoms with E-state index in [0.717, 1.165) is 5.56 Å². The summed E-state index contributed by atoms with van der Waals surface area (Å²) in [6.07, 6.45) is 0. The lowest BCUT2D eigenvalue weighted by Gasteiger charge is -2.14. The van der Waals surface area contributed by atoms with Gasteiger partial charge in [-0.25, -0.2) is 0 Å². The Labute approximate surface area is 120 Å². The van der Waals surface area contributed by atoms with Crippen LogP contribution in [0.15, 0.2) is 53.4 Å². The number of aliphatic carboxylic acids is 1. The highest BCUT2D eigenvalue weighted by molar-refractivity contribution is 8.00. The van der Waals surface area contributed by atoms with E-state index in [4.69, 9.17) is 17.3 Å². The van der Waals surface area contributed by atoms with E-state index in [9.17, 15) is 9.90 Å². The van der Waals surface area contributed by atoms with Crippen molar-refractivity contribution < 1.29 is 9.90 Å². The van der Waals surface area contributed by atoms with Crippen molar-refractivity contribution in [3.05, 3.63) is 59.1 Å². The number of anilines is 1. The highest BCUT2D eigenvalue weighted by Gasteiger charge is 2.22. The van der Waals surface area contributed by atoms with Crippen LogP contribution in [-0.2, 0) is 4.79 Å². The number of halogens is 1. The first-order valence-corrected chi connectivity index (χ1v) is 6.83. The first kappa shape index (κ1) is 13.8. The predicted octanol–water partition coefficient (Wildman–Crippen LogP) is 3.84. The van der Waals surface area contributed by atoms with Gasteiger partial charge >= 0.3 is 5.97 Å². The number of thioether (sulfide) groups is 1. The summed E-state index contributed by atoms with van der Waals surface area (Å²) in [6.45, 7) is 0. The molecule has 2 aromatic carbocycles. The van der Waals surface area contributed by atoms with Crippen LogP contribution in [0.2, 0.25) is 5.02 Å². The maximum absolute atomic E-state index is 11.4. The SMILES string of the molecule is Nc1ccc(Cl)cc1SC(C(=O)O)c1ccccc1. The molecular weight excluding hydrogens is 282 g/mol. The second-order valence-electron chi connectivity index (χ2n) is 3.93. The van der Waals surface area contributed by atoms with Crippen LogP contribution >= 0.6 is 23.4 Å². The van der Waals surface area contributed by atoms with Gasteiger partial charge in [0.25, 0.3) is 0 Å². The minimum absolute atomic E-state index is 0.525. The smallest absolute Gasteiger partial charge is 0.321 e. The van der Waals surface area contributed by atoms with Gasteiger partial charge in [-0.1, -0.05) is 41.9 Å². The van der Waals surface area contributed by atoms with E-state index in [2.05, 4.69) is 0 Å². The van der Waals surface area contributed by atoms with Gasteiger partial charge in [0.2, 0.25) is 0 Å². The van der Waals surface area contributed by atoms with Crippen molar-refractivity contribution in [2.75, 3.05) is 5.73 Å². The van der Waals surface area contributed by atoms with Crippen molar-refractivity contribution in [2.45, 2.75) is 10.1 Å². The Morgan fingerprint density at radius 3 is 2.53 bits per heavy atom. The van der Waals surface area contributed by atoms with Crippen molar-refractivity contribution in [3.8, 4) is 0 Å². The van der Waals surface area contributed by atoms with E-state index in [0.29, 0.717) is 15.6 Å². The van der Waals surface area contributed by atoms with Gasteiger partial charge in [-0.15, -0.1) is 11.8 Å². The molecule has 0 heterocycles. The van der Waals surface area contributed by atoms with Gasteiger partial charge in [0.1, 0.15) is 5.25 Å². The van der Waals surface area contributed by atoms with Crippen molar-refractivity contribution in [1.29, 1.82) is 0 Å². The number of carboxylic acids is 1. The molecule has 1 unspecified atom stereocenters. The Kier molecular flexibility index (Phi) is 4.35. The summed E-state index contributed by atoms with van der Waals surface area (Å²) in [6, 6.07) is 14.1. The zero-order valence-electron chi connectivity index (χ0n) is 9.92. The van der Waals surface area contributed by atoms with Crippen LogP contribution in [0.4, 0.5) is 5.69 Å². The molecule has 0 bridgehead atoms. The lowest BCUT2D eigenvalue weighted by Crippen LogP contribution is -2.08. The molecule has 3 N–H and O–H groups in total. The van der Waals surface area contributed by atoms with Crippen molar-refractivity contribution in [3.63, 3.8) is 0 Å². The van der Waals surface area contributed by atoms with Crippen molar-refractivity contribution >= 4 is 35.0 Å². The van der Waals surface area contributed by atoms with E-state index in [1.807, 2.05) is 18.2 Å². The third-order valence-corrected chi connectivity index (χ3v) is 4.10. The first-order valence-electron chi connectivity index (χ1n) is 5.57. The summed E-state index contributed by atoms with van der Waals surface area (Å²) in [5.74, 6) is -0.907. The monoisotopic (exact) mass is 293 g/mol. The Balaban J connectivity index is 2.32. The summed E-state index contributed by atoms with van der Waals surface area (Å²) in [4.78, 5) is 12.1. The molecule has 0 aromatic heterocycles. The number of carboxylic acid groups (broad SMARTS) is 1. The van der Waals surface area contributed by atoms with Crippen molar-refractivity contribution in [1.82, 2.24) is 0 Å². The lowest BCUT2D eigenvalue weighted by atomic mass is 10.1. The molecular formula is C14H12ClNO2S. The molecule has 0 aliphatic carbocycles. The predicted molar refractivity (Wildman–Crippen MR) is 78.5 cm³/mol. The van der Waals surface area contributed by atoms with Gasteiger partial charge in [0.15, 0.2) is 0 Å². The Morgan fingerprint density at radius 1 is 1.21 bits per heavy atom. The minimum atomic E-state index is -0.907. The van der Waals surface area contributed by atoms with Gasteiger partial charge in [-0.2, -0.15) is 0 Å². The van der Waals surface area contributed by atoms with Gasteiger partial charge in [0.05, 0.1) is 0 Å². The average Bonchev–Trinajstić information content (AvgIpc) is 2.40. The molecule has 0 amide bonds. The molecule has 0 saturated carbocycles. The highest BCUT2D eigenvalue weighted by Crippen LogP contribution is 2.39. The Morgan fingerprint density at radius 2 is 1.89 bits per heavy atom. The van der Waals surface area contributed by atoms with E-state index in [1.165, 1.54) is 11.8 Å². The summed E-state index contributed by atoms with van der Waals surface area (Å²) in [5, 5.41) is 9.18. The van der Waals surface area contributed by atoms with Gasteiger partial charge in [-0.3, -0.25) is 4.79 Å². The van der Waals surface area contributed by atoms with Crippen LogP contribution in [0.3, 0.4) is 0 Å². The molecule has 0 aliphatic rings. The van der Waals surface area contributed by atoms with Crippen LogP contribution in [0.25, 0.3) is 0 Å². The van der Waals surface area contributed by atoms with Crippen LogP contribution < -0.4 is 5.73 Å². The lowest BCUT2D eigenvalue weighted by molar-refractivity contribution is -0.136. The molecule has 98 valence electrons. The molecule has 0 fully saturated rings. The molecule has 0 spiro atoms. The summed E-state index contributed by atoms with van der Waals surface area (Å²) >= 11 is 7.09. The molecule has 0 saturated heterocycles. The maximum atomic E-state index is 11.4.